The SMILES string of the molecule is CCOC(=O)c1ccc(Nc2nc(-c3cccc(N4CCN(c5ccc(C)cc5)C4=O)c3C)cn(C)c2=O)cc1. The Labute approximate surface area is 232 Å². The largest absolute Gasteiger partial charge is 0.462 e. The first-order chi connectivity index (χ1) is 19.3. The fourth-order valence-corrected chi connectivity index (χ4v) is 4.78. The smallest absolute Gasteiger partial charge is 0.338 e. The molecule has 9 heteroatoms. The molecule has 1 saturated heterocycles. The number of nitrogens with zero attached hydrogens (tertiary/aromatic N) is 4. The highest BCUT2D eigenvalue weighted by Crippen LogP contribution is 2.33. The topological polar surface area (TPSA) is 96.8 Å². The van der Waals surface area contributed by atoms with Gasteiger partial charge in [0.05, 0.1) is 17.9 Å². The molecule has 0 aliphatic carbocycles. The van der Waals surface area contributed by atoms with Gasteiger partial charge < -0.3 is 14.6 Å². The molecule has 0 spiro atoms. The van der Waals surface area contributed by atoms with Crippen LogP contribution in [0.5, 0.6) is 0 Å². The number of benzene rings is 3. The van der Waals surface area contributed by atoms with E-state index in [0.717, 1.165) is 28.1 Å². The molecule has 1 aliphatic rings. The van der Waals surface area contributed by atoms with Crippen molar-refractivity contribution in [2.45, 2.75) is 20.8 Å². The molecular formula is C31H31N5O4. The summed E-state index contributed by atoms with van der Waals surface area (Å²) in [6.07, 6.45) is 1.69. The maximum atomic E-state index is 13.4. The van der Waals surface area contributed by atoms with E-state index in [-0.39, 0.29) is 17.4 Å². The number of esters is 1. The van der Waals surface area contributed by atoms with Crippen LogP contribution in [0, 0.1) is 13.8 Å². The van der Waals surface area contributed by atoms with Crippen LogP contribution in [0.1, 0.15) is 28.4 Å². The number of aryl methyl sites for hydroxylation is 2. The van der Waals surface area contributed by atoms with Gasteiger partial charge in [0.2, 0.25) is 0 Å². The van der Waals surface area contributed by atoms with E-state index in [0.29, 0.717) is 36.6 Å². The van der Waals surface area contributed by atoms with Crippen LogP contribution in [-0.2, 0) is 11.8 Å². The van der Waals surface area contributed by atoms with Gasteiger partial charge >= 0.3 is 12.0 Å². The fraction of sp³-hybridized carbons (Fsp3) is 0.226. The number of hydrogen-bond donors (Lipinski definition) is 1. The third-order valence-electron chi connectivity index (χ3n) is 6.96. The molecule has 0 radical (unpaired) electrons. The summed E-state index contributed by atoms with van der Waals surface area (Å²) in [5, 5.41) is 3.08. The van der Waals surface area contributed by atoms with Crippen LogP contribution in [0.4, 0.5) is 27.7 Å². The number of anilines is 4. The van der Waals surface area contributed by atoms with Gasteiger partial charge in [0.15, 0.2) is 5.82 Å². The van der Waals surface area contributed by atoms with E-state index in [2.05, 4.69) is 10.3 Å². The summed E-state index contributed by atoms with van der Waals surface area (Å²) in [7, 11) is 1.67. The first kappa shape index (κ1) is 26.7. The van der Waals surface area contributed by atoms with E-state index in [1.807, 2.05) is 56.3 Å². The summed E-state index contributed by atoms with van der Waals surface area (Å²) in [6.45, 7) is 7.18. The fourth-order valence-electron chi connectivity index (χ4n) is 4.78. The lowest BCUT2D eigenvalue weighted by molar-refractivity contribution is 0.0526. The summed E-state index contributed by atoms with van der Waals surface area (Å²) >= 11 is 0. The van der Waals surface area contributed by atoms with Crippen LogP contribution < -0.4 is 20.7 Å². The van der Waals surface area contributed by atoms with Crippen molar-refractivity contribution < 1.29 is 14.3 Å². The zero-order chi connectivity index (χ0) is 28.4. The number of carbonyl (C=O) groups excluding carboxylic acids is 2. The maximum Gasteiger partial charge on any atom is 0.338 e. The monoisotopic (exact) mass is 537 g/mol. The summed E-state index contributed by atoms with van der Waals surface area (Å²) in [5.41, 5.74) is 5.85. The van der Waals surface area contributed by atoms with Gasteiger partial charge in [-0.3, -0.25) is 14.6 Å². The van der Waals surface area contributed by atoms with E-state index in [9.17, 15) is 14.4 Å². The van der Waals surface area contributed by atoms with Gasteiger partial charge in [0, 0.05) is 49.0 Å². The summed E-state index contributed by atoms with van der Waals surface area (Å²) in [6, 6.07) is 20.3. The normalized spacial score (nSPS) is 13.1. The zero-order valence-corrected chi connectivity index (χ0v) is 23.0. The Hall–Kier alpha value is -4.92. The second-order valence-electron chi connectivity index (χ2n) is 9.68. The second kappa shape index (κ2) is 11.1. The molecule has 1 fully saturated rings. The summed E-state index contributed by atoms with van der Waals surface area (Å²) in [4.78, 5) is 46.5. The van der Waals surface area contributed by atoms with Crippen molar-refractivity contribution >= 4 is 34.9 Å². The van der Waals surface area contributed by atoms with Crippen molar-refractivity contribution in [3.05, 3.63) is 100.0 Å². The number of amides is 2. The molecule has 0 atom stereocenters. The second-order valence-corrected chi connectivity index (χ2v) is 9.68. The van der Waals surface area contributed by atoms with Gasteiger partial charge in [-0.15, -0.1) is 0 Å². The molecule has 9 nitrogen and oxygen atoms in total. The van der Waals surface area contributed by atoms with Crippen LogP contribution in [0.3, 0.4) is 0 Å². The molecule has 0 bridgehead atoms. The minimum Gasteiger partial charge on any atom is -0.462 e. The van der Waals surface area contributed by atoms with Gasteiger partial charge in [0.1, 0.15) is 0 Å². The Morgan fingerprint density at radius 3 is 2.35 bits per heavy atom. The lowest BCUT2D eigenvalue weighted by Gasteiger charge is -2.22. The van der Waals surface area contributed by atoms with Crippen molar-refractivity contribution in [1.29, 1.82) is 0 Å². The Balaban J connectivity index is 1.43. The van der Waals surface area contributed by atoms with Gasteiger partial charge in [-0.05, 0) is 68.8 Å². The lowest BCUT2D eigenvalue weighted by atomic mass is 10.0. The molecule has 2 heterocycles. The van der Waals surface area contributed by atoms with Gasteiger partial charge in [0.25, 0.3) is 5.56 Å². The van der Waals surface area contributed by atoms with E-state index in [1.165, 1.54) is 4.57 Å². The highest BCUT2D eigenvalue weighted by atomic mass is 16.5. The van der Waals surface area contributed by atoms with Crippen molar-refractivity contribution in [2.24, 2.45) is 7.05 Å². The molecule has 1 aliphatic heterocycles. The van der Waals surface area contributed by atoms with Crippen LogP contribution in [0.25, 0.3) is 11.3 Å². The van der Waals surface area contributed by atoms with E-state index in [4.69, 9.17) is 4.74 Å². The Kier molecular flexibility index (Phi) is 7.37. The highest BCUT2D eigenvalue weighted by Gasteiger charge is 2.32. The first-order valence-corrected chi connectivity index (χ1v) is 13.1. The number of carbonyl (C=O) groups is 2. The standard InChI is InChI=1S/C31H31N5O4/c1-5-40-30(38)22-11-13-23(14-12-22)32-28-29(37)34(4)19-26(33-28)25-7-6-8-27(21(25)3)36-18-17-35(31(36)39)24-15-9-20(2)10-16-24/h6-16,19H,5,17-18H2,1-4H3,(H,32,33). The van der Waals surface area contributed by atoms with Crippen molar-refractivity contribution in [1.82, 2.24) is 9.55 Å². The van der Waals surface area contributed by atoms with E-state index in [1.54, 1.807) is 54.2 Å². The minimum atomic E-state index is -0.404. The molecule has 2 amide bonds. The van der Waals surface area contributed by atoms with Crippen molar-refractivity contribution in [3.8, 4) is 11.3 Å². The van der Waals surface area contributed by atoms with Crippen LogP contribution in [0.2, 0.25) is 0 Å². The lowest BCUT2D eigenvalue weighted by Crippen LogP contribution is -2.32. The van der Waals surface area contributed by atoms with E-state index < -0.39 is 5.97 Å². The quantitative estimate of drug-likeness (QED) is 0.316. The molecule has 204 valence electrons. The summed E-state index contributed by atoms with van der Waals surface area (Å²) < 4.78 is 6.51. The maximum absolute atomic E-state index is 13.4. The Morgan fingerprint density at radius 1 is 0.950 bits per heavy atom. The number of urea groups is 1. The highest BCUT2D eigenvalue weighted by molar-refractivity contribution is 6.07. The number of rotatable bonds is 7. The number of nitrogens with one attached hydrogen (secondary N) is 1. The number of ether oxygens (including phenoxy) is 1. The molecule has 0 saturated carbocycles. The molecule has 40 heavy (non-hydrogen) atoms. The van der Waals surface area contributed by atoms with Crippen LogP contribution >= 0.6 is 0 Å². The predicted octanol–water partition coefficient (Wildman–Crippen LogP) is 5.43. The van der Waals surface area contributed by atoms with Crippen LogP contribution in [-0.4, -0.2) is 41.2 Å². The van der Waals surface area contributed by atoms with Gasteiger partial charge in [-0.25, -0.2) is 14.6 Å². The third kappa shape index (κ3) is 5.18. The van der Waals surface area contributed by atoms with Crippen molar-refractivity contribution in [2.75, 3.05) is 34.8 Å². The van der Waals surface area contributed by atoms with E-state index >= 15 is 0 Å². The Bertz CT molecular complexity index is 1630. The average molecular weight is 538 g/mol. The average Bonchev–Trinajstić information content (AvgIpc) is 3.33. The van der Waals surface area contributed by atoms with Gasteiger partial charge in [-0.2, -0.15) is 0 Å². The number of aromatic nitrogens is 2. The minimum absolute atomic E-state index is 0.0776. The molecule has 1 N–H and O–H groups in total. The zero-order valence-electron chi connectivity index (χ0n) is 23.0. The predicted molar refractivity (Wildman–Crippen MR) is 157 cm³/mol. The van der Waals surface area contributed by atoms with Crippen LogP contribution in [0.15, 0.2) is 77.7 Å². The molecule has 1 aromatic heterocycles. The molecule has 5 rings (SSSR count). The third-order valence-corrected chi connectivity index (χ3v) is 6.96. The first-order valence-electron chi connectivity index (χ1n) is 13.1. The Morgan fingerprint density at radius 2 is 1.65 bits per heavy atom. The number of hydrogen-bond acceptors (Lipinski definition) is 6. The van der Waals surface area contributed by atoms with Gasteiger partial charge in [-0.1, -0.05) is 29.8 Å². The molecular weight excluding hydrogens is 506 g/mol. The summed E-state index contributed by atoms with van der Waals surface area (Å²) in [5.74, 6) is -0.254. The molecule has 3 aromatic carbocycles. The molecule has 0 unspecified atom stereocenters. The van der Waals surface area contributed by atoms with Crippen molar-refractivity contribution in [3.63, 3.8) is 0 Å². The molecule has 4 aromatic rings.